The van der Waals surface area contributed by atoms with Gasteiger partial charge in [-0.15, -0.1) is 21.9 Å². The third-order valence-corrected chi connectivity index (χ3v) is 3.75. The number of nitrogens with zero attached hydrogens (tertiary/aromatic N) is 2. The summed E-state index contributed by atoms with van der Waals surface area (Å²) in [5, 5.41) is 9.85. The fourth-order valence-electron chi connectivity index (χ4n) is 1.80. The van der Waals surface area contributed by atoms with E-state index in [0.717, 1.165) is 12.2 Å². The second-order valence-corrected chi connectivity index (χ2v) is 5.01. The van der Waals surface area contributed by atoms with E-state index in [1.165, 1.54) is 11.8 Å². The third-order valence-electron chi connectivity index (χ3n) is 2.60. The number of thioether (sulfide) groups is 1. The second kappa shape index (κ2) is 6.33. The van der Waals surface area contributed by atoms with Crippen LogP contribution in [0.5, 0.6) is 0 Å². The summed E-state index contributed by atoms with van der Waals surface area (Å²) in [7, 11) is 0. The maximum atomic E-state index is 11.9. The average molecular weight is 280 g/mol. The molecule has 0 aliphatic carbocycles. The van der Waals surface area contributed by atoms with Crippen LogP contribution in [0, 0.1) is 10.1 Å². The molecule has 0 N–H and O–H groups in total. The highest BCUT2D eigenvalue weighted by Crippen LogP contribution is 2.28. The van der Waals surface area contributed by atoms with Crippen molar-refractivity contribution in [2.24, 2.45) is 4.99 Å². The first-order valence-electron chi connectivity index (χ1n) is 5.77. The largest absolute Gasteiger partial charge is 0.317 e. The van der Waals surface area contributed by atoms with Gasteiger partial charge in [0.15, 0.2) is 0 Å². The SMILES string of the molecule is O=C(O[N+](=O)[O-])C(C1=NCCCS1)c1ccccc1. The van der Waals surface area contributed by atoms with E-state index in [9.17, 15) is 14.9 Å². The predicted octanol–water partition coefficient (Wildman–Crippen LogP) is 2.04. The minimum Gasteiger partial charge on any atom is -0.282 e. The first kappa shape index (κ1) is 13.5. The third kappa shape index (κ3) is 3.54. The van der Waals surface area contributed by atoms with Crippen LogP contribution < -0.4 is 0 Å². The number of carbonyl (C=O) groups excluding carboxylic acids is 1. The molecule has 1 aliphatic rings. The summed E-state index contributed by atoms with van der Waals surface area (Å²) in [6.45, 7) is 0.636. The number of hydrogen-bond donors (Lipinski definition) is 0. The Balaban J connectivity index is 2.30. The maximum Gasteiger partial charge on any atom is 0.317 e. The van der Waals surface area contributed by atoms with Gasteiger partial charge >= 0.3 is 11.1 Å². The van der Waals surface area contributed by atoms with Gasteiger partial charge in [-0.1, -0.05) is 30.3 Å². The van der Waals surface area contributed by atoms with E-state index in [1.54, 1.807) is 24.3 Å². The van der Waals surface area contributed by atoms with Crippen molar-refractivity contribution in [3.05, 3.63) is 46.0 Å². The molecule has 0 bridgehead atoms. The molecule has 0 saturated carbocycles. The monoisotopic (exact) mass is 280 g/mol. The van der Waals surface area contributed by atoms with Gasteiger partial charge in [0, 0.05) is 12.3 Å². The second-order valence-electron chi connectivity index (χ2n) is 3.90. The van der Waals surface area contributed by atoms with Crippen molar-refractivity contribution in [3.63, 3.8) is 0 Å². The van der Waals surface area contributed by atoms with E-state index in [1.807, 2.05) is 6.07 Å². The number of hydrogen-bond acceptors (Lipinski definition) is 6. The molecule has 0 saturated heterocycles. The Morgan fingerprint density at radius 3 is 2.74 bits per heavy atom. The Morgan fingerprint density at radius 2 is 2.16 bits per heavy atom. The molecule has 1 atom stereocenters. The minimum absolute atomic E-state index is 0.587. The van der Waals surface area contributed by atoms with Crippen LogP contribution in [0.1, 0.15) is 17.9 Å². The summed E-state index contributed by atoms with van der Waals surface area (Å²) in [5.74, 6) is -0.852. The van der Waals surface area contributed by atoms with Crippen molar-refractivity contribution in [1.82, 2.24) is 0 Å². The van der Waals surface area contributed by atoms with E-state index in [2.05, 4.69) is 9.83 Å². The van der Waals surface area contributed by atoms with Crippen molar-refractivity contribution in [2.75, 3.05) is 12.3 Å². The van der Waals surface area contributed by atoms with Crippen molar-refractivity contribution in [3.8, 4) is 0 Å². The molecule has 0 spiro atoms. The zero-order valence-corrected chi connectivity index (χ0v) is 10.8. The summed E-state index contributed by atoms with van der Waals surface area (Å²) in [5.41, 5.74) is 0.655. The molecule has 0 radical (unpaired) electrons. The van der Waals surface area contributed by atoms with E-state index < -0.39 is 17.0 Å². The smallest absolute Gasteiger partial charge is 0.282 e. The van der Waals surface area contributed by atoms with Gasteiger partial charge in [-0.05, 0) is 12.0 Å². The fourth-order valence-corrected chi connectivity index (χ4v) is 2.87. The van der Waals surface area contributed by atoms with Gasteiger partial charge in [0.2, 0.25) is 0 Å². The zero-order valence-electron chi connectivity index (χ0n) is 10.0. The average Bonchev–Trinajstić information content (AvgIpc) is 2.40. The van der Waals surface area contributed by atoms with E-state index in [0.29, 0.717) is 17.2 Å². The molecule has 1 heterocycles. The van der Waals surface area contributed by atoms with Crippen LogP contribution in [0.3, 0.4) is 0 Å². The Labute approximate surface area is 114 Å². The number of rotatable bonds is 4. The summed E-state index contributed by atoms with van der Waals surface area (Å²) >= 11 is 1.45. The molecule has 2 rings (SSSR count). The fraction of sp³-hybridized carbons (Fsp3) is 0.333. The lowest BCUT2D eigenvalue weighted by Crippen LogP contribution is -2.26. The molecule has 1 aromatic carbocycles. The van der Waals surface area contributed by atoms with E-state index in [4.69, 9.17) is 0 Å². The molecule has 6 nitrogen and oxygen atoms in total. The molecular weight excluding hydrogens is 268 g/mol. The lowest BCUT2D eigenvalue weighted by atomic mass is 10.0. The summed E-state index contributed by atoms with van der Waals surface area (Å²) < 4.78 is 0. The number of carbonyl (C=O) groups is 1. The topological polar surface area (TPSA) is 81.8 Å². The van der Waals surface area contributed by atoms with Gasteiger partial charge in [0.25, 0.3) is 0 Å². The molecule has 1 unspecified atom stereocenters. The van der Waals surface area contributed by atoms with Crippen molar-refractivity contribution in [2.45, 2.75) is 12.3 Å². The summed E-state index contributed by atoms with van der Waals surface area (Å²) in [6, 6.07) is 8.84. The van der Waals surface area contributed by atoms with Crippen molar-refractivity contribution >= 4 is 22.8 Å². The first-order valence-corrected chi connectivity index (χ1v) is 6.75. The standard InChI is InChI=1S/C12H12N2O4S/c15-12(18-14(16)17)10(9-5-2-1-3-6-9)11-13-7-4-8-19-11/h1-3,5-6,10H,4,7-8H2. The molecular formula is C12H12N2O4S. The predicted molar refractivity (Wildman–Crippen MR) is 71.6 cm³/mol. The lowest BCUT2D eigenvalue weighted by Gasteiger charge is -2.19. The Bertz CT molecular complexity index is 504. The summed E-state index contributed by atoms with van der Waals surface area (Å²) in [6.07, 6.45) is 0.944. The molecule has 7 heteroatoms. The molecule has 0 fully saturated rings. The normalized spacial score (nSPS) is 16.3. The lowest BCUT2D eigenvalue weighted by molar-refractivity contribution is -0.729. The zero-order chi connectivity index (χ0) is 13.7. The van der Waals surface area contributed by atoms with Crippen LogP contribution >= 0.6 is 11.8 Å². The van der Waals surface area contributed by atoms with Gasteiger partial charge in [-0.3, -0.25) is 9.79 Å². The van der Waals surface area contributed by atoms with Crippen LogP contribution in [-0.4, -0.2) is 28.4 Å². The van der Waals surface area contributed by atoms with Gasteiger partial charge in [0.05, 0.1) is 5.04 Å². The molecule has 19 heavy (non-hydrogen) atoms. The highest BCUT2D eigenvalue weighted by atomic mass is 32.2. The quantitative estimate of drug-likeness (QED) is 0.622. The van der Waals surface area contributed by atoms with Gasteiger partial charge in [0.1, 0.15) is 5.92 Å². The van der Waals surface area contributed by atoms with Gasteiger partial charge in [-0.25, -0.2) is 4.84 Å². The molecule has 1 aliphatic heterocycles. The molecule has 0 amide bonds. The molecule has 1 aromatic rings. The maximum absolute atomic E-state index is 11.9. The van der Waals surface area contributed by atoms with E-state index in [-0.39, 0.29) is 0 Å². The molecule has 100 valence electrons. The highest BCUT2D eigenvalue weighted by Gasteiger charge is 2.30. The Hall–Kier alpha value is -1.89. The van der Waals surface area contributed by atoms with E-state index >= 15 is 0 Å². The van der Waals surface area contributed by atoms with Crippen LogP contribution in [0.2, 0.25) is 0 Å². The van der Waals surface area contributed by atoms with Crippen LogP contribution in [-0.2, 0) is 9.63 Å². The van der Waals surface area contributed by atoms with Crippen LogP contribution in [0.15, 0.2) is 35.3 Å². The highest BCUT2D eigenvalue weighted by molar-refractivity contribution is 8.14. The number of aliphatic imine (C=N–C) groups is 1. The Kier molecular flexibility index (Phi) is 4.51. The van der Waals surface area contributed by atoms with Gasteiger partial charge in [-0.2, -0.15) is 0 Å². The first-order chi connectivity index (χ1) is 9.18. The van der Waals surface area contributed by atoms with Crippen molar-refractivity contribution < 1.29 is 14.7 Å². The Morgan fingerprint density at radius 1 is 1.42 bits per heavy atom. The van der Waals surface area contributed by atoms with Gasteiger partial charge < -0.3 is 0 Å². The number of benzene rings is 1. The summed E-state index contributed by atoms with van der Waals surface area (Å²) in [4.78, 5) is 30.6. The van der Waals surface area contributed by atoms with Crippen LogP contribution in [0.4, 0.5) is 0 Å². The minimum atomic E-state index is -1.08. The van der Waals surface area contributed by atoms with Crippen LogP contribution in [0.25, 0.3) is 0 Å². The molecule has 0 aromatic heterocycles. The van der Waals surface area contributed by atoms with Crippen molar-refractivity contribution in [1.29, 1.82) is 0 Å².